The average molecular weight is 724 g/mol. The van der Waals surface area contributed by atoms with Gasteiger partial charge in [-0.25, -0.2) is 9.55 Å². The molecule has 0 bridgehead atoms. The van der Waals surface area contributed by atoms with Crippen molar-refractivity contribution in [1.29, 1.82) is 0 Å². The number of nitrogens with zero attached hydrogens (tertiary/aromatic N) is 7. The Balaban J connectivity index is 1.58. The van der Waals surface area contributed by atoms with Crippen LogP contribution in [0.5, 0.6) is 0 Å². The van der Waals surface area contributed by atoms with Gasteiger partial charge in [0.1, 0.15) is 5.82 Å². The molecule has 0 atom stereocenters. The number of unbranched alkanes of at least 4 members (excludes halogenated alkanes) is 1. The first-order valence-electron chi connectivity index (χ1n) is 16.8. The second kappa shape index (κ2) is 16.2. The normalized spacial score (nSPS) is 12.4. The van der Waals surface area contributed by atoms with E-state index in [9.17, 15) is 9.36 Å². The number of tetrazole rings is 1. The van der Waals surface area contributed by atoms with Crippen LogP contribution in [0, 0.1) is 6.92 Å². The summed E-state index contributed by atoms with van der Waals surface area (Å²) >= 11 is 5.53. The predicted octanol–water partition coefficient (Wildman–Crippen LogP) is 7.41. The summed E-state index contributed by atoms with van der Waals surface area (Å²) in [6.07, 6.45) is 3.04. The monoisotopic (exact) mass is 723 g/mol. The van der Waals surface area contributed by atoms with E-state index >= 15 is 0 Å². The lowest BCUT2D eigenvalue weighted by Crippen LogP contribution is -2.33. The molecule has 0 radical (unpaired) electrons. The Morgan fingerprint density at radius 1 is 0.960 bits per heavy atom. The standard InChI is InChI=1S/C36H50N7O5PS/c1-11-12-17-31-37-25(2)30(22-32(50)41(9)10)34(44)42(31)23-26-18-20-27(21-19-26)28-15-13-14-16-29(28)33-38-40-43(39-33)24-46-49(45,47-35(3,4)5)48-36(6,7)8/h13-16,18-21H,11-12,17,22-24H2,1-10H3. The van der Waals surface area contributed by atoms with E-state index in [0.717, 1.165) is 53.0 Å². The molecule has 0 spiro atoms. The van der Waals surface area contributed by atoms with Gasteiger partial charge in [0, 0.05) is 43.8 Å². The molecule has 0 saturated carbocycles. The predicted molar refractivity (Wildman–Crippen MR) is 200 cm³/mol. The summed E-state index contributed by atoms with van der Waals surface area (Å²) in [7, 11) is -0.193. The van der Waals surface area contributed by atoms with E-state index in [-0.39, 0.29) is 12.3 Å². The molecule has 0 fully saturated rings. The molecular weight excluding hydrogens is 673 g/mol. The highest BCUT2D eigenvalue weighted by molar-refractivity contribution is 7.80. The molecule has 50 heavy (non-hydrogen) atoms. The molecule has 0 saturated heterocycles. The smallest absolute Gasteiger partial charge is 0.372 e. The van der Waals surface area contributed by atoms with Crippen LogP contribution in [-0.4, -0.2) is 64.9 Å². The number of phosphoric acid groups is 1. The van der Waals surface area contributed by atoms with Crippen molar-refractivity contribution in [2.24, 2.45) is 0 Å². The molecule has 0 aliphatic rings. The number of thiocarbonyl (C=S) groups is 1. The van der Waals surface area contributed by atoms with Crippen molar-refractivity contribution in [3.63, 3.8) is 0 Å². The number of aryl methyl sites for hydroxylation is 2. The van der Waals surface area contributed by atoms with Gasteiger partial charge in [-0.15, -0.1) is 15.0 Å². The fraction of sp³-hybridized carbons (Fsp3) is 0.500. The number of benzene rings is 2. The Morgan fingerprint density at radius 2 is 1.58 bits per heavy atom. The molecule has 0 aliphatic heterocycles. The van der Waals surface area contributed by atoms with E-state index in [1.54, 1.807) is 46.1 Å². The third-order valence-electron chi connectivity index (χ3n) is 7.46. The highest BCUT2D eigenvalue weighted by Gasteiger charge is 2.37. The van der Waals surface area contributed by atoms with Crippen molar-refractivity contribution < 1.29 is 18.1 Å². The summed E-state index contributed by atoms with van der Waals surface area (Å²) in [5.41, 5.74) is 3.33. The Morgan fingerprint density at radius 3 is 2.16 bits per heavy atom. The maximum Gasteiger partial charge on any atom is 0.477 e. The van der Waals surface area contributed by atoms with Crippen molar-refractivity contribution in [1.82, 2.24) is 34.7 Å². The number of aromatic nitrogens is 6. The van der Waals surface area contributed by atoms with Crippen molar-refractivity contribution in [2.45, 2.75) is 106 Å². The van der Waals surface area contributed by atoms with Gasteiger partial charge >= 0.3 is 7.82 Å². The molecule has 2 heterocycles. The fourth-order valence-electron chi connectivity index (χ4n) is 5.13. The van der Waals surface area contributed by atoms with Crippen LogP contribution in [0.15, 0.2) is 53.3 Å². The number of hydrogen-bond acceptors (Lipinski definition) is 10. The second-order valence-electron chi connectivity index (χ2n) is 14.4. The summed E-state index contributed by atoms with van der Waals surface area (Å²) in [5.74, 6) is 1.16. The molecule has 270 valence electrons. The van der Waals surface area contributed by atoms with Gasteiger partial charge in [0.2, 0.25) is 5.82 Å². The zero-order valence-electron chi connectivity index (χ0n) is 30.9. The fourth-order valence-corrected chi connectivity index (χ4v) is 7.00. The van der Waals surface area contributed by atoms with Gasteiger partial charge in [0.05, 0.1) is 22.7 Å². The number of rotatable bonds is 14. The summed E-state index contributed by atoms with van der Waals surface area (Å²) in [5, 5.41) is 12.9. The SMILES string of the molecule is CCCCc1nc(C)c(CC(=S)N(C)C)c(=O)n1Cc1ccc(-c2ccccc2-c2nnn(COP(=O)(OC(C)(C)C)OC(C)(C)C)n2)cc1. The van der Waals surface area contributed by atoms with Gasteiger partial charge in [0.15, 0.2) is 6.73 Å². The molecule has 2 aromatic heterocycles. The molecule has 0 unspecified atom stereocenters. The maximum atomic E-state index is 13.8. The molecule has 2 aromatic carbocycles. The zero-order valence-corrected chi connectivity index (χ0v) is 32.6. The molecule has 12 nitrogen and oxygen atoms in total. The van der Waals surface area contributed by atoms with Crippen molar-refractivity contribution in [3.8, 4) is 22.5 Å². The first-order chi connectivity index (χ1) is 23.4. The Labute approximate surface area is 300 Å². The minimum absolute atomic E-state index is 0.0494. The number of phosphoric ester groups is 1. The third kappa shape index (κ3) is 10.7. The molecule has 4 aromatic rings. The van der Waals surface area contributed by atoms with E-state index in [1.807, 2.05) is 74.4 Å². The first kappa shape index (κ1) is 39.2. The van der Waals surface area contributed by atoms with Crippen molar-refractivity contribution in [2.75, 3.05) is 14.1 Å². The van der Waals surface area contributed by atoms with Crippen LogP contribution in [0.2, 0.25) is 0 Å². The summed E-state index contributed by atoms with van der Waals surface area (Å²) in [4.78, 5) is 22.5. The van der Waals surface area contributed by atoms with E-state index in [1.165, 1.54) is 4.80 Å². The maximum absolute atomic E-state index is 13.8. The Bertz CT molecular complexity index is 1870. The summed E-state index contributed by atoms with van der Waals surface area (Å²) in [6, 6.07) is 15.8. The van der Waals surface area contributed by atoms with E-state index in [2.05, 4.69) is 22.3 Å². The minimum Gasteiger partial charge on any atom is -0.372 e. The van der Waals surface area contributed by atoms with Gasteiger partial charge in [-0.05, 0) is 76.8 Å². The minimum atomic E-state index is -3.97. The van der Waals surface area contributed by atoms with Gasteiger partial charge in [-0.3, -0.25) is 22.9 Å². The topological polar surface area (TPSA) is 126 Å². The van der Waals surface area contributed by atoms with Crippen LogP contribution in [0.25, 0.3) is 22.5 Å². The van der Waals surface area contributed by atoms with Crippen LogP contribution >= 0.6 is 20.0 Å². The Kier molecular flexibility index (Phi) is 12.7. The number of likely N-dealkylation sites (N-methyl/N-ethyl adjacent to an activating group) is 1. The average Bonchev–Trinajstić information content (AvgIpc) is 3.50. The lowest BCUT2D eigenvalue weighted by Gasteiger charge is -2.30. The zero-order chi connectivity index (χ0) is 36.9. The molecule has 14 heteroatoms. The Hall–Kier alpha value is -3.61. The quantitative estimate of drug-likeness (QED) is 0.0954. The highest BCUT2D eigenvalue weighted by atomic mass is 32.1. The third-order valence-corrected chi connectivity index (χ3v) is 9.94. The van der Waals surface area contributed by atoms with Crippen LogP contribution in [0.3, 0.4) is 0 Å². The second-order valence-corrected chi connectivity index (χ2v) is 16.4. The lowest BCUT2D eigenvalue weighted by molar-refractivity contribution is -0.00953. The van der Waals surface area contributed by atoms with Crippen LogP contribution in [0.4, 0.5) is 0 Å². The van der Waals surface area contributed by atoms with E-state index in [4.69, 9.17) is 30.8 Å². The largest absolute Gasteiger partial charge is 0.477 e. The summed E-state index contributed by atoms with van der Waals surface area (Å²) in [6.45, 7) is 14.8. The van der Waals surface area contributed by atoms with Crippen molar-refractivity contribution >= 4 is 25.0 Å². The van der Waals surface area contributed by atoms with Crippen LogP contribution < -0.4 is 5.56 Å². The molecule has 0 amide bonds. The molecular formula is C36H50N7O5PS. The van der Waals surface area contributed by atoms with Crippen LogP contribution in [0.1, 0.15) is 84.0 Å². The van der Waals surface area contributed by atoms with Gasteiger partial charge in [0.25, 0.3) is 5.56 Å². The van der Waals surface area contributed by atoms with Gasteiger partial charge in [-0.2, -0.15) is 0 Å². The first-order valence-corrected chi connectivity index (χ1v) is 18.7. The van der Waals surface area contributed by atoms with Crippen LogP contribution in [-0.2, 0) is 44.3 Å². The van der Waals surface area contributed by atoms with E-state index in [0.29, 0.717) is 29.3 Å². The molecule has 0 aliphatic carbocycles. The lowest BCUT2D eigenvalue weighted by atomic mass is 9.98. The van der Waals surface area contributed by atoms with Gasteiger partial charge in [-0.1, -0.05) is 74.1 Å². The summed E-state index contributed by atoms with van der Waals surface area (Å²) < 4.78 is 32.3. The number of hydrogen-bond donors (Lipinski definition) is 0. The molecule has 0 N–H and O–H groups in total. The van der Waals surface area contributed by atoms with Gasteiger partial charge < -0.3 is 4.90 Å². The molecule has 4 rings (SSSR count). The van der Waals surface area contributed by atoms with Crippen molar-refractivity contribution in [3.05, 3.63) is 81.5 Å². The van der Waals surface area contributed by atoms with E-state index < -0.39 is 19.0 Å². The highest BCUT2D eigenvalue weighted by Crippen LogP contribution is 2.55.